The van der Waals surface area contributed by atoms with Crippen molar-refractivity contribution in [2.24, 2.45) is 11.8 Å². The summed E-state index contributed by atoms with van der Waals surface area (Å²) >= 11 is 0. The van der Waals surface area contributed by atoms with Crippen LogP contribution in [0.4, 0.5) is 11.6 Å². The first-order valence-electron chi connectivity index (χ1n) is 14.4. The first kappa shape index (κ1) is 28.2. The van der Waals surface area contributed by atoms with E-state index in [-0.39, 0.29) is 24.1 Å². The maximum absolute atomic E-state index is 11.0. The number of imidazole rings is 2. The monoisotopic (exact) mass is 575 g/mol. The summed E-state index contributed by atoms with van der Waals surface area (Å²) in [6, 6.07) is -0.404. The number of terminal acetylenes is 1. The fourth-order valence-corrected chi connectivity index (χ4v) is 6.43. The number of aliphatic hydroxyl groups is 2. The van der Waals surface area contributed by atoms with Gasteiger partial charge in [0.15, 0.2) is 28.4 Å². The van der Waals surface area contributed by atoms with Gasteiger partial charge in [0.1, 0.15) is 30.5 Å². The molecule has 7 atom stereocenters. The molecule has 5 heterocycles. The third-order valence-electron chi connectivity index (χ3n) is 8.66. The summed E-state index contributed by atoms with van der Waals surface area (Å²) in [6.45, 7) is 6.41. The van der Waals surface area contributed by atoms with E-state index in [1.54, 1.807) is 17.2 Å². The van der Waals surface area contributed by atoms with Gasteiger partial charge in [0.05, 0.1) is 37.4 Å². The third kappa shape index (κ3) is 5.13. The van der Waals surface area contributed by atoms with E-state index in [1.165, 1.54) is 12.7 Å². The minimum absolute atomic E-state index is 0.0917. The molecule has 6 rings (SSSR count). The van der Waals surface area contributed by atoms with Crippen molar-refractivity contribution in [3.63, 3.8) is 0 Å². The van der Waals surface area contributed by atoms with Crippen molar-refractivity contribution in [3.8, 4) is 12.3 Å². The van der Waals surface area contributed by atoms with Crippen molar-refractivity contribution < 1.29 is 14.9 Å². The summed E-state index contributed by atoms with van der Waals surface area (Å²) in [7, 11) is 0. The highest BCUT2D eigenvalue weighted by atomic mass is 16.5. The number of nitrogens with two attached hydrogens (primary N) is 1. The highest BCUT2D eigenvalue weighted by Crippen LogP contribution is 2.38. The van der Waals surface area contributed by atoms with E-state index in [4.69, 9.17) is 16.9 Å². The number of nitrogens with one attached hydrogen (secondary N) is 1. The van der Waals surface area contributed by atoms with Crippen molar-refractivity contribution in [2.75, 3.05) is 37.2 Å². The van der Waals surface area contributed by atoms with Gasteiger partial charge in [0.25, 0.3) is 0 Å². The molecule has 1 aliphatic carbocycles. The minimum atomic E-state index is -0.988. The topological polar surface area (TPSA) is 178 Å². The van der Waals surface area contributed by atoms with Gasteiger partial charge in [0.2, 0.25) is 0 Å². The average molecular weight is 576 g/mol. The molecule has 0 bridgehead atoms. The van der Waals surface area contributed by atoms with Gasteiger partial charge in [-0.25, -0.2) is 29.9 Å². The molecule has 4 aromatic rings. The molecule has 2 fully saturated rings. The Bertz CT molecular complexity index is 1580. The number of nitrogens with zero attached hydrogens (tertiary/aromatic N) is 9. The number of aromatic nitrogens is 8. The summed E-state index contributed by atoms with van der Waals surface area (Å²) in [5.41, 5.74) is 8.35. The summed E-state index contributed by atoms with van der Waals surface area (Å²) in [5, 5.41) is 25.3. The zero-order valence-electron chi connectivity index (χ0n) is 23.8. The van der Waals surface area contributed by atoms with Gasteiger partial charge in [-0.15, -0.1) is 6.42 Å². The van der Waals surface area contributed by atoms with E-state index in [1.807, 2.05) is 4.57 Å². The van der Waals surface area contributed by atoms with Crippen LogP contribution in [0.25, 0.3) is 22.3 Å². The van der Waals surface area contributed by atoms with E-state index >= 15 is 0 Å². The van der Waals surface area contributed by atoms with E-state index in [0.29, 0.717) is 61.0 Å². The Labute approximate surface area is 243 Å². The van der Waals surface area contributed by atoms with Crippen LogP contribution in [-0.2, 0) is 4.74 Å². The molecule has 0 amide bonds. The maximum Gasteiger partial charge on any atom is 0.167 e. The fraction of sp³-hybridized carbons (Fsp3) is 0.571. The van der Waals surface area contributed by atoms with Crippen LogP contribution in [0, 0.1) is 24.2 Å². The number of rotatable bonds is 10. The predicted octanol–water partition coefficient (Wildman–Crippen LogP) is 1.21. The molecule has 2 aliphatic rings. The largest absolute Gasteiger partial charge is 0.390 e. The Balaban J connectivity index is 1.10. The van der Waals surface area contributed by atoms with Crippen molar-refractivity contribution in [2.45, 2.75) is 63.7 Å². The molecule has 1 aliphatic heterocycles. The molecule has 5 N–H and O–H groups in total. The third-order valence-corrected chi connectivity index (χ3v) is 8.66. The molecule has 42 heavy (non-hydrogen) atoms. The van der Waals surface area contributed by atoms with Gasteiger partial charge in [-0.2, -0.15) is 0 Å². The summed E-state index contributed by atoms with van der Waals surface area (Å²) < 4.78 is 10.0. The molecule has 1 saturated heterocycles. The minimum Gasteiger partial charge on any atom is -0.390 e. The van der Waals surface area contributed by atoms with Gasteiger partial charge in [-0.1, -0.05) is 19.8 Å². The van der Waals surface area contributed by atoms with Crippen LogP contribution < -0.4 is 11.1 Å². The second kappa shape index (κ2) is 11.8. The normalized spacial score (nSPS) is 27.8. The van der Waals surface area contributed by atoms with Crippen molar-refractivity contribution in [3.05, 3.63) is 25.3 Å². The highest BCUT2D eigenvalue weighted by molar-refractivity contribution is 5.83. The smallest absolute Gasteiger partial charge is 0.167 e. The molecule has 1 saturated carbocycles. The van der Waals surface area contributed by atoms with E-state index in [9.17, 15) is 10.2 Å². The molecule has 14 nitrogen and oxygen atoms in total. The number of hydrogen-bond donors (Lipinski definition) is 4. The second-order valence-corrected chi connectivity index (χ2v) is 11.3. The van der Waals surface area contributed by atoms with Crippen molar-refractivity contribution in [1.82, 2.24) is 43.9 Å². The van der Waals surface area contributed by atoms with E-state index in [2.05, 4.69) is 59.9 Å². The van der Waals surface area contributed by atoms with Gasteiger partial charge in [0, 0.05) is 25.6 Å². The lowest BCUT2D eigenvalue weighted by Gasteiger charge is -2.25. The Morgan fingerprint density at radius 2 is 1.79 bits per heavy atom. The zero-order chi connectivity index (χ0) is 29.4. The van der Waals surface area contributed by atoms with Gasteiger partial charge >= 0.3 is 0 Å². The lowest BCUT2D eigenvalue weighted by molar-refractivity contribution is -0.00304. The number of hydrogen-bond acceptors (Lipinski definition) is 12. The molecule has 2 unspecified atom stereocenters. The number of nitrogen functional groups attached to an aromatic ring is 1. The van der Waals surface area contributed by atoms with Gasteiger partial charge in [-0.3, -0.25) is 9.47 Å². The average Bonchev–Trinajstić information content (AvgIpc) is 3.75. The Morgan fingerprint density at radius 3 is 2.55 bits per heavy atom. The number of fused-ring (bicyclic) bond motifs is 2. The molecular weight excluding hydrogens is 538 g/mol. The predicted molar refractivity (Wildman–Crippen MR) is 156 cm³/mol. The van der Waals surface area contributed by atoms with Crippen molar-refractivity contribution >= 4 is 34.0 Å². The van der Waals surface area contributed by atoms with Crippen LogP contribution in [0.3, 0.4) is 0 Å². The first-order valence-corrected chi connectivity index (χ1v) is 14.4. The zero-order valence-corrected chi connectivity index (χ0v) is 23.8. The lowest BCUT2D eigenvalue weighted by Crippen LogP contribution is -2.38. The number of ether oxygens (including phenoxy) is 1. The molecule has 0 aromatic carbocycles. The van der Waals surface area contributed by atoms with Crippen LogP contribution in [0.2, 0.25) is 0 Å². The highest BCUT2D eigenvalue weighted by Gasteiger charge is 2.43. The molecule has 222 valence electrons. The van der Waals surface area contributed by atoms with Crippen LogP contribution in [0.15, 0.2) is 25.3 Å². The number of aliphatic hydroxyl groups excluding tert-OH is 2. The van der Waals surface area contributed by atoms with E-state index in [0.717, 1.165) is 18.5 Å². The van der Waals surface area contributed by atoms with Crippen LogP contribution in [-0.4, -0.2) is 98.6 Å². The molecule has 4 aromatic heterocycles. The van der Waals surface area contributed by atoms with Crippen molar-refractivity contribution in [1.29, 1.82) is 0 Å². The van der Waals surface area contributed by atoms with Gasteiger partial charge < -0.3 is 30.6 Å². The SMILES string of the molecule is C#CCN(CCNc1ncnc2c1ncn2C1C[C@H](C)[C@@H](CC)O1)C[C@H]1C[C@@H](n2cnc3c(N)ncnc32)[C@@H](O)C1O. The second-order valence-electron chi connectivity index (χ2n) is 11.3. The maximum atomic E-state index is 11.0. The van der Waals surface area contributed by atoms with Crippen LogP contribution in [0.1, 0.15) is 45.4 Å². The van der Waals surface area contributed by atoms with E-state index < -0.39 is 18.2 Å². The Morgan fingerprint density at radius 1 is 1.05 bits per heavy atom. The van der Waals surface area contributed by atoms with Gasteiger partial charge in [-0.05, 0) is 25.2 Å². The molecule has 14 heteroatoms. The fourth-order valence-electron chi connectivity index (χ4n) is 6.43. The lowest BCUT2D eigenvalue weighted by atomic mass is 10.0. The summed E-state index contributed by atoms with van der Waals surface area (Å²) in [5.74, 6) is 3.89. The number of anilines is 2. The molecular formula is C28H37N11O3. The van der Waals surface area contributed by atoms with Crippen LogP contribution >= 0.6 is 0 Å². The molecule has 0 radical (unpaired) electrons. The summed E-state index contributed by atoms with van der Waals surface area (Å²) in [4.78, 5) is 28.2. The Kier molecular flexibility index (Phi) is 7.91. The summed E-state index contributed by atoms with van der Waals surface area (Å²) in [6.07, 6.45) is 12.6. The first-order chi connectivity index (χ1) is 20.4. The Hall–Kier alpha value is -3.90. The standard InChI is InChI=1S/C28H37N11O3/c1-4-7-37(11-17-10-18(24(41)23(17)40)38-14-35-21-25(29)31-12-33-27(21)38)8-6-30-26-22-28(34-13-32-26)39(15-36-22)20-9-16(3)19(5-2)42-20/h1,12-20,23-24,40-41H,5-11H2,2-3H3,(H2,29,31,33)(H,30,32,34)/t16-,17+,18+,19+,20?,23?,24+/m0/s1. The van der Waals surface area contributed by atoms with Crippen LogP contribution in [0.5, 0.6) is 0 Å². The quantitative estimate of drug-likeness (QED) is 0.199. The molecule has 0 spiro atoms.